The molecule has 0 aromatic heterocycles. The molecule has 1 heterocycles. The molecule has 0 spiro atoms. The molecule has 1 aliphatic rings. The monoisotopic (exact) mass is 290 g/mol. The Morgan fingerprint density at radius 2 is 2.14 bits per heavy atom. The molecule has 0 saturated carbocycles. The maximum atomic E-state index is 12.1. The Labute approximate surface area is 122 Å². The summed E-state index contributed by atoms with van der Waals surface area (Å²) in [5, 5.41) is 11.7. The van der Waals surface area contributed by atoms with E-state index in [1.54, 1.807) is 24.0 Å². The first kappa shape index (κ1) is 15.0. The van der Waals surface area contributed by atoms with E-state index in [0.717, 1.165) is 0 Å². The van der Waals surface area contributed by atoms with Gasteiger partial charge in [-0.1, -0.05) is 0 Å². The van der Waals surface area contributed by atoms with Crippen LogP contribution in [0.15, 0.2) is 18.2 Å². The first-order chi connectivity index (χ1) is 9.92. The summed E-state index contributed by atoms with van der Waals surface area (Å²) in [4.78, 5) is 36.4. The summed E-state index contributed by atoms with van der Waals surface area (Å²) < 4.78 is 0. The fourth-order valence-electron chi connectivity index (χ4n) is 2.48. The molecule has 6 nitrogen and oxygen atoms in total. The second kappa shape index (κ2) is 5.95. The summed E-state index contributed by atoms with van der Waals surface area (Å²) in [6.45, 7) is 4.60. The van der Waals surface area contributed by atoms with Crippen molar-refractivity contribution in [2.24, 2.45) is 5.92 Å². The van der Waals surface area contributed by atoms with Gasteiger partial charge in [0.1, 0.15) is 0 Å². The lowest BCUT2D eigenvalue weighted by atomic mass is 10.1. The molecular weight excluding hydrogens is 272 g/mol. The van der Waals surface area contributed by atoms with Crippen molar-refractivity contribution < 1.29 is 19.5 Å². The van der Waals surface area contributed by atoms with Gasteiger partial charge in [0.25, 0.3) is 0 Å². The summed E-state index contributed by atoms with van der Waals surface area (Å²) in [5.41, 5.74) is 1.34. The SMILES string of the molecule is CCN1CC(C(=O)Nc2ccc(C(=O)O)c(C)c2)CC1=O. The van der Waals surface area contributed by atoms with Crippen LogP contribution in [-0.4, -0.2) is 40.9 Å². The van der Waals surface area contributed by atoms with Gasteiger partial charge in [0.05, 0.1) is 11.5 Å². The lowest BCUT2D eigenvalue weighted by Crippen LogP contribution is -2.28. The van der Waals surface area contributed by atoms with Crippen molar-refractivity contribution in [1.29, 1.82) is 0 Å². The van der Waals surface area contributed by atoms with Crippen LogP contribution in [-0.2, 0) is 9.59 Å². The number of carbonyl (C=O) groups excluding carboxylic acids is 2. The van der Waals surface area contributed by atoms with Crippen molar-refractivity contribution in [1.82, 2.24) is 4.90 Å². The average molecular weight is 290 g/mol. The Kier molecular flexibility index (Phi) is 4.26. The molecule has 6 heteroatoms. The van der Waals surface area contributed by atoms with E-state index in [9.17, 15) is 14.4 Å². The number of amides is 2. The van der Waals surface area contributed by atoms with Crippen LogP contribution in [0.2, 0.25) is 0 Å². The van der Waals surface area contributed by atoms with Gasteiger partial charge in [-0.2, -0.15) is 0 Å². The van der Waals surface area contributed by atoms with Gasteiger partial charge < -0.3 is 15.3 Å². The highest BCUT2D eigenvalue weighted by Crippen LogP contribution is 2.21. The Balaban J connectivity index is 2.05. The second-order valence-electron chi connectivity index (χ2n) is 5.16. The molecule has 0 radical (unpaired) electrons. The summed E-state index contributed by atoms with van der Waals surface area (Å²) in [7, 11) is 0. The van der Waals surface area contributed by atoms with E-state index in [1.165, 1.54) is 6.07 Å². The van der Waals surface area contributed by atoms with Crippen LogP contribution >= 0.6 is 0 Å². The number of carboxylic acid groups (broad SMARTS) is 1. The molecule has 1 unspecified atom stereocenters. The molecule has 1 aromatic rings. The van der Waals surface area contributed by atoms with Crippen LogP contribution in [0.1, 0.15) is 29.3 Å². The van der Waals surface area contributed by atoms with Gasteiger partial charge in [-0.15, -0.1) is 0 Å². The summed E-state index contributed by atoms with van der Waals surface area (Å²) in [6, 6.07) is 4.64. The van der Waals surface area contributed by atoms with Crippen LogP contribution in [0, 0.1) is 12.8 Å². The zero-order valence-corrected chi connectivity index (χ0v) is 12.0. The third-order valence-corrected chi connectivity index (χ3v) is 3.69. The second-order valence-corrected chi connectivity index (χ2v) is 5.16. The summed E-state index contributed by atoms with van der Waals surface area (Å²) in [5.74, 6) is -1.56. The van der Waals surface area contributed by atoms with Crippen molar-refractivity contribution in [3.8, 4) is 0 Å². The number of aromatic carboxylic acids is 1. The topological polar surface area (TPSA) is 86.7 Å². The van der Waals surface area contributed by atoms with Crippen molar-refractivity contribution in [2.75, 3.05) is 18.4 Å². The largest absolute Gasteiger partial charge is 0.478 e. The molecule has 2 amide bonds. The van der Waals surface area contributed by atoms with Crippen molar-refractivity contribution in [2.45, 2.75) is 20.3 Å². The van der Waals surface area contributed by atoms with Gasteiger partial charge in [0, 0.05) is 25.2 Å². The normalized spacial score (nSPS) is 17.9. The Morgan fingerprint density at radius 1 is 1.43 bits per heavy atom. The highest BCUT2D eigenvalue weighted by atomic mass is 16.4. The molecule has 0 aliphatic carbocycles. The molecule has 112 valence electrons. The number of aryl methyl sites for hydroxylation is 1. The number of benzene rings is 1. The Hall–Kier alpha value is -2.37. The third kappa shape index (κ3) is 3.21. The van der Waals surface area contributed by atoms with Crippen LogP contribution in [0.5, 0.6) is 0 Å². The smallest absolute Gasteiger partial charge is 0.335 e. The first-order valence-corrected chi connectivity index (χ1v) is 6.85. The van der Waals surface area contributed by atoms with Crippen molar-refractivity contribution in [3.63, 3.8) is 0 Å². The zero-order valence-electron chi connectivity index (χ0n) is 12.0. The predicted octanol–water partition coefficient (Wildman–Crippen LogP) is 1.50. The standard InChI is InChI=1S/C15H18N2O4/c1-3-17-8-10(7-13(17)18)14(19)16-11-4-5-12(15(20)21)9(2)6-11/h4-6,10H,3,7-8H2,1-2H3,(H,16,19)(H,20,21). The fourth-order valence-corrected chi connectivity index (χ4v) is 2.48. The number of carboxylic acids is 1. The van der Waals surface area contributed by atoms with E-state index in [-0.39, 0.29) is 29.7 Å². The predicted molar refractivity (Wildman–Crippen MR) is 77.1 cm³/mol. The van der Waals surface area contributed by atoms with Crippen molar-refractivity contribution >= 4 is 23.5 Å². The maximum absolute atomic E-state index is 12.1. The van der Waals surface area contributed by atoms with Crippen molar-refractivity contribution in [3.05, 3.63) is 29.3 Å². The molecule has 1 aromatic carbocycles. The van der Waals surface area contributed by atoms with Crippen LogP contribution in [0.25, 0.3) is 0 Å². The molecule has 2 rings (SSSR count). The molecule has 0 bridgehead atoms. The molecule has 2 N–H and O–H groups in total. The first-order valence-electron chi connectivity index (χ1n) is 6.85. The van der Waals surface area contributed by atoms with E-state index in [1.807, 2.05) is 6.92 Å². The number of hydrogen-bond acceptors (Lipinski definition) is 3. The van der Waals surface area contributed by atoms with E-state index in [4.69, 9.17) is 5.11 Å². The van der Waals surface area contributed by atoms with Gasteiger partial charge >= 0.3 is 5.97 Å². The minimum atomic E-state index is -0.995. The van der Waals surface area contributed by atoms with Gasteiger partial charge in [-0.25, -0.2) is 4.79 Å². The van der Waals surface area contributed by atoms with E-state index in [0.29, 0.717) is 24.3 Å². The van der Waals surface area contributed by atoms with Crippen LogP contribution in [0.4, 0.5) is 5.69 Å². The number of carbonyl (C=O) groups is 3. The highest BCUT2D eigenvalue weighted by molar-refractivity contribution is 5.98. The number of nitrogens with one attached hydrogen (secondary N) is 1. The fraction of sp³-hybridized carbons (Fsp3) is 0.400. The highest BCUT2D eigenvalue weighted by Gasteiger charge is 2.33. The Bertz CT molecular complexity index is 597. The number of anilines is 1. The maximum Gasteiger partial charge on any atom is 0.335 e. The lowest BCUT2D eigenvalue weighted by molar-refractivity contribution is -0.128. The minimum Gasteiger partial charge on any atom is -0.478 e. The van der Waals surface area contributed by atoms with Gasteiger partial charge in [0.2, 0.25) is 11.8 Å². The third-order valence-electron chi connectivity index (χ3n) is 3.69. The van der Waals surface area contributed by atoms with Gasteiger partial charge in [0.15, 0.2) is 0 Å². The van der Waals surface area contributed by atoms with E-state index < -0.39 is 5.97 Å². The minimum absolute atomic E-state index is 0.00458. The molecule has 1 fully saturated rings. The van der Waals surface area contributed by atoms with Crippen LogP contribution in [0.3, 0.4) is 0 Å². The molecule has 1 saturated heterocycles. The number of likely N-dealkylation sites (tertiary alicyclic amines) is 1. The number of hydrogen-bond donors (Lipinski definition) is 2. The van der Waals surface area contributed by atoms with E-state index in [2.05, 4.69) is 5.32 Å². The zero-order chi connectivity index (χ0) is 15.6. The summed E-state index contributed by atoms with van der Waals surface area (Å²) in [6.07, 6.45) is 0.228. The molecular formula is C15H18N2O4. The lowest BCUT2D eigenvalue weighted by Gasteiger charge is -2.14. The molecule has 1 atom stereocenters. The molecule has 21 heavy (non-hydrogen) atoms. The quantitative estimate of drug-likeness (QED) is 0.879. The van der Waals surface area contributed by atoms with Gasteiger partial charge in [-0.05, 0) is 37.6 Å². The van der Waals surface area contributed by atoms with Crippen LogP contribution < -0.4 is 5.32 Å². The average Bonchev–Trinajstić information content (AvgIpc) is 2.79. The number of rotatable bonds is 4. The number of nitrogens with zero attached hydrogens (tertiary/aromatic N) is 1. The van der Waals surface area contributed by atoms with Gasteiger partial charge in [-0.3, -0.25) is 9.59 Å². The molecule has 1 aliphatic heterocycles. The summed E-state index contributed by atoms with van der Waals surface area (Å²) >= 11 is 0. The Morgan fingerprint density at radius 3 is 2.67 bits per heavy atom. The van der Waals surface area contributed by atoms with E-state index >= 15 is 0 Å².